The first-order valence-corrected chi connectivity index (χ1v) is 9.46. The molecule has 3 nitrogen and oxygen atoms in total. The van der Waals surface area contributed by atoms with Crippen molar-refractivity contribution in [2.45, 2.75) is 52.6 Å². The molecule has 5 rings (SSSR count). The average molecular weight is 334 g/mol. The van der Waals surface area contributed by atoms with Gasteiger partial charge in [-0.15, -0.1) is 0 Å². The van der Waals surface area contributed by atoms with E-state index in [-0.39, 0.29) is 0 Å². The predicted molar refractivity (Wildman–Crippen MR) is 102 cm³/mol. The van der Waals surface area contributed by atoms with Gasteiger partial charge in [-0.2, -0.15) is 0 Å². The Morgan fingerprint density at radius 3 is 2.68 bits per heavy atom. The first-order chi connectivity index (χ1) is 11.9. The number of furan rings is 1. The van der Waals surface area contributed by atoms with Gasteiger partial charge in [-0.25, -0.2) is 4.98 Å². The largest absolute Gasteiger partial charge is 0.437 e. The Balaban J connectivity index is 1.80. The van der Waals surface area contributed by atoms with Crippen molar-refractivity contribution in [1.82, 2.24) is 9.88 Å². The van der Waals surface area contributed by atoms with Crippen LogP contribution in [0, 0.1) is 18.3 Å². The zero-order valence-corrected chi connectivity index (χ0v) is 15.7. The summed E-state index contributed by atoms with van der Waals surface area (Å²) < 4.78 is 6.31. The normalized spacial score (nSPS) is 37.4. The molecule has 2 aliphatic rings. The number of nitrogens with zero attached hydrogens (tertiary/aromatic N) is 2. The minimum Gasteiger partial charge on any atom is -0.437 e. The molecule has 2 fully saturated rings. The molecular weight excluding hydrogens is 308 g/mol. The number of hydrogen-bond donors (Lipinski definition) is 0. The predicted octanol–water partition coefficient (Wildman–Crippen LogP) is 5.12. The van der Waals surface area contributed by atoms with Crippen LogP contribution in [0.2, 0.25) is 0 Å². The second kappa shape index (κ2) is 4.85. The van der Waals surface area contributed by atoms with Crippen molar-refractivity contribution < 1.29 is 4.42 Å². The summed E-state index contributed by atoms with van der Waals surface area (Å²) in [6, 6.07) is 9.79. The van der Waals surface area contributed by atoms with Gasteiger partial charge in [-0.1, -0.05) is 26.0 Å². The maximum absolute atomic E-state index is 6.31. The minimum absolute atomic E-state index is 0.296. The van der Waals surface area contributed by atoms with Crippen molar-refractivity contribution in [2.75, 3.05) is 6.54 Å². The number of benzene rings is 1. The van der Waals surface area contributed by atoms with Crippen molar-refractivity contribution >= 4 is 22.1 Å². The standard InChI is InChI=1S/C22H26N2O/c1-12-8-9-16-17-7-6-10-23-21(17)25-20(16)18(12)19-15(4)24-11-22(19,5)13(2)14(24)3/h6-10,13-15,19H,11H2,1-5H3. The maximum atomic E-state index is 6.31. The molecule has 6 unspecified atom stereocenters. The van der Waals surface area contributed by atoms with Crippen molar-refractivity contribution in [2.24, 2.45) is 11.3 Å². The quantitative estimate of drug-likeness (QED) is 0.618. The Hall–Kier alpha value is -1.87. The number of aryl methyl sites for hydroxylation is 1. The van der Waals surface area contributed by atoms with Crippen LogP contribution in [-0.4, -0.2) is 28.5 Å². The first kappa shape index (κ1) is 15.4. The van der Waals surface area contributed by atoms with Gasteiger partial charge in [0.2, 0.25) is 5.71 Å². The average Bonchev–Trinajstić information content (AvgIpc) is 3.17. The summed E-state index contributed by atoms with van der Waals surface area (Å²) in [7, 11) is 0. The molecule has 0 amide bonds. The van der Waals surface area contributed by atoms with E-state index in [1.807, 2.05) is 12.3 Å². The van der Waals surface area contributed by atoms with Crippen LogP contribution in [0.25, 0.3) is 22.1 Å². The van der Waals surface area contributed by atoms with Crippen LogP contribution in [0.5, 0.6) is 0 Å². The topological polar surface area (TPSA) is 29.3 Å². The van der Waals surface area contributed by atoms with E-state index >= 15 is 0 Å². The fourth-order valence-electron chi connectivity index (χ4n) is 5.91. The Morgan fingerprint density at radius 2 is 1.92 bits per heavy atom. The molecule has 0 N–H and O–H groups in total. The molecule has 2 aromatic heterocycles. The van der Waals surface area contributed by atoms with Crippen molar-refractivity contribution in [1.29, 1.82) is 0 Å². The molecule has 1 aromatic carbocycles. The number of pyridine rings is 1. The summed E-state index contributed by atoms with van der Waals surface area (Å²) in [5.74, 6) is 1.19. The fraction of sp³-hybridized carbons (Fsp3) is 0.500. The van der Waals surface area contributed by atoms with Crippen LogP contribution in [0.15, 0.2) is 34.9 Å². The minimum atomic E-state index is 0.296. The van der Waals surface area contributed by atoms with E-state index in [4.69, 9.17) is 4.42 Å². The van der Waals surface area contributed by atoms with Gasteiger partial charge in [0, 0.05) is 47.1 Å². The van der Waals surface area contributed by atoms with E-state index in [0.29, 0.717) is 29.3 Å². The molecule has 0 radical (unpaired) electrons. The van der Waals surface area contributed by atoms with Gasteiger partial charge in [0.15, 0.2) is 0 Å². The van der Waals surface area contributed by atoms with Crippen molar-refractivity contribution in [3.8, 4) is 0 Å². The van der Waals surface area contributed by atoms with Gasteiger partial charge >= 0.3 is 0 Å². The van der Waals surface area contributed by atoms with Gasteiger partial charge in [0.1, 0.15) is 5.58 Å². The van der Waals surface area contributed by atoms with Crippen LogP contribution in [-0.2, 0) is 0 Å². The molecule has 0 saturated carbocycles. The van der Waals surface area contributed by atoms with Gasteiger partial charge in [0.25, 0.3) is 0 Å². The summed E-state index contributed by atoms with van der Waals surface area (Å²) in [5.41, 5.74) is 4.86. The Morgan fingerprint density at radius 1 is 1.12 bits per heavy atom. The van der Waals surface area contributed by atoms with E-state index in [2.05, 4.69) is 62.7 Å². The molecule has 25 heavy (non-hydrogen) atoms. The molecule has 130 valence electrons. The number of piperidine rings is 1. The van der Waals surface area contributed by atoms with E-state index < -0.39 is 0 Å². The third-order valence-corrected chi connectivity index (χ3v) is 7.51. The second-order valence-electron chi connectivity index (χ2n) is 8.56. The molecule has 0 spiro atoms. The maximum Gasteiger partial charge on any atom is 0.227 e. The zero-order valence-electron chi connectivity index (χ0n) is 15.7. The third kappa shape index (κ3) is 1.77. The Bertz CT molecular complexity index is 990. The molecule has 0 aliphatic carbocycles. The van der Waals surface area contributed by atoms with E-state index in [1.165, 1.54) is 23.1 Å². The highest BCUT2D eigenvalue weighted by Crippen LogP contribution is 2.60. The third-order valence-electron chi connectivity index (χ3n) is 7.51. The lowest BCUT2D eigenvalue weighted by Gasteiger charge is -2.44. The van der Waals surface area contributed by atoms with Crippen molar-refractivity contribution in [3.05, 3.63) is 41.6 Å². The fourth-order valence-corrected chi connectivity index (χ4v) is 5.91. The Kier molecular flexibility index (Phi) is 2.99. The van der Waals surface area contributed by atoms with Gasteiger partial charge in [-0.3, -0.25) is 4.90 Å². The highest BCUT2D eigenvalue weighted by atomic mass is 16.3. The highest BCUT2D eigenvalue weighted by Gasteiger charge is 2.60. The summed E-state index contributed by atoms with van der Waals surface area (Å²) in [5, 5.41) is 2.33. The smallest absolute Gasteiger partial charge is 0.227 e. The van der Waals surface area contributed by atoms with E-state index in [0.717, 1.165) is 16.7 Å². The van der Waals surface area contributed by atoms with Crippen LogP contribution in [0.1, 0.15) is 44.7 Å². The SMILES string of the molecule is Cc1ccc2c(oc3ncccc32)c1C1C(C)N2CC1(C)C(C)C2C. The summed E-state index contributed by atoms with van der Waals surface area (Å²) in [6.45, 7) is 13.1. The monoisotopic (exact) mass is 334 g/mol. The molecular formula is C22H26N2O. The number of fused-ring (bicyclic) bond motifs is 5. The molecule has 4 heterocycles. The molecule has 2 saturated heterocycles. The zero-order chi connectivity index (χ0) is 17.5. The highest BCUT2D eigenvalue weighted by molar-refractivity contribution is 6.05. The first-order valence-electron chi connectivity index (χ1n) is 9.46. The van der Waals surface area contributed by atoms with Gasteiger partial charge in [0.05, 0.1) is 0 Å². The number of hydrogen-bond acceptors (Lipinski definition) is 3. The van der Waals surface area contributed by atoms with E-state index in [1.54, 1.807) is 0 Å². The van der Waals surface area contributed by atoms with Crippen molar-refractivity contribution in [3.63, 3.8) is 0 Å². The number of aromatic nitrogens is 1. The lowest BCUT2D eigenvalue weighted by Crippen LogP contribution is -2.45. The lowest BCUT2D eigenvalue weighted by molar-refractivity contribution is 0.112. The molecule has 3 aromatic rings. The summed E-state index contributed by atoms with van der Waals surface area (Å²) in [6.07, 6.45) is 1.81. The van der Waals surface area contributed by atoms with Crippen LogP contribution < -0.4 is 0 Å². The van der Waals surface area contributed by atoms with Gasteiger partial charge in [-0.05, 0) is 49.8 Å². The molecule has 3 heteroatoms. The Labute approximate surface area is 149 Å². The lowest BCUT2D eigenvalue weighted by atomic mass is 9.63. The molecule has 2 bridgehead atoms. The summed E-state index contributed by atoms with van der Waals surface area (Å²) in [4.78, 5) is 7.15. The van der Waals surface area contributed by atoms with Crippen LogP contribution in [0.3, 0.4) is 0 Å². The molecule has 6 atom stereocenters. The second-order valence-corrected chi connectivity index (χ2v) is 8.56. The van der Waals surface area contributed by atoms with E-state index in [9.17, 15) is 0 Å². The van der Waals surface area contributed by atoms with Gasteiger partial charge < -0.3 is 4.42 Å². The van der Waals surface area contributed by atoms with Crippen LogP contribution in [0.4, 0.5) is 0 Å². The molecule has 2 aliphatic heterocycles. The summed E-state index contributed by atoms with van der Waals surface area (Å²) >= 11 is 0. The number of rotatable bonds is 1. The van der Waals surface area contributed by atoms with Crippen LogP contribution >= 0.6 is 0 Å².